The molecule has 6 nitrogen and oxygen atoms in total. The lowest BCUT2D eigenvalue weighted by atomic mass is 9.80. The second kappa shape index (κ2) is 8.40. The van der Waals surface area contributed by atoms with Crippen LogP contribution in [0.3, 0.4) is 0 Å². The number of rotatable bonds is 1. The van der Waals surface area contributed by atoms with Crippen LogP contribution in [0.4, 0.5) is 0 Å². The molecule has 0 atom stereocenters. The highest BCUT2D eigenvalue weighted by Crippen LogP contribution is 2.34. The minimum absolute atomic E-state index is 0.221. The number of fused-ring (bicyclic) bond motifs is 2. The third-order valence-corrected chi connectivity index (χ3v) is 6.55. The molecular weight excluding hydrogens is 513 g/mol. The summed E-state index contributed by atoms with van der Waals surface area (Å²) in [5.41, 5.74) is 1.65. The van der Waals surface area contributed by atoms with E-state index in [1.165, 1.54) is 10.7 Å². The molecule has 0 fully saturated rings. The Hall–Kier alpha value is -0.995. The van der Waals surface area contributed by atoms with Crippen LogP contribution in [0, 0.1) is 0 Å². The van der Waals surface area contributed by atoms with Gasteiger partial charge in [0, 0.05) is 24.0 Å². The highest BCUT2D eigenvalue weighted by atomic mass is 79.9. The molecule has 0 aliphatic carbocycles. The van der Waals surface area contributed by atoms with Crippen molar-refractivity contribution in [2.24, 2.45) is 14.1 Å². The first-order valence-corrected chi connectivity index (χ1v) is 10.1. The molecule has 12 heteroatoms. The van der Waals surface area contributed by atoms with Crippen molar-refractivity contribution >= 4 is 96.7 Å². The molecule has 0 saturated heterocycles. The Morgan fingerprint density at radius 2 is 1.29 bits per heavy atom. The molecule has 0 aliphatic heterocycles. The molecule has 28 heavy (non-hydrogen) atoms. The van der Waals surface area contributed by atoms with E-state index in [1.807, 2.05) is 12.1 Å². The van der Waals surface area contributed by atoms with Crippen molar-refractivity contribution in [2.45, 2.75) is 0 Å². The quantitative estimate of drug-likeness (QED) is 0.366. The first-order valence-electron chi connectivity index (χ1n) is 7.76. The van der Waals surface area contributed by atoms with Crippen molar-refractivity contribution in [1.29, 1.82) is 0 Å². The van der Waals surface area contributed by atoms with Crippen LogP contribution < -0.4 is 5.46 Å². The van der Waals surface area contributed by atoms with Crippen molar-refractivity contribution in [3.63, 3.8) is 0 Å². The lowest BCUT2D eigenvalue weighted by Gasteiger charge is -2.02. The molecule has 4 aromatic rings. The van der Waals surface area contributed by atoms with E-state index in [1.54, 1.807) is 24.8 Å². The fourth-order valence-electron chi connectivity index (χ4n) is 2.62. The third kappa shape index (κ3) is 3.87. The maximum Gasteiger partial charge on any atom is 0.489 e. The third-order valence-electron chi connectivity index (χ3n) is 4.00. The molecule has 2 N–H and O–H groups in total. The van der Waals surface area contributed by atoms with Crippen LogP contribution in [-0.2, 0) is 14.1 Å². The molecule has 0 bridgehead atoms. The van der Waals surface area contributed by atoms with E-state index in [4.69, 9.17) is 56.5 Å². The highest BCUT2D eigenvalue weighted by Gasteiger charge is 2.20. The van der Waals surface area contributed by atoms with Gasteiger partial charge in [0.15, 0.2) is 0 Å². The molecule has 0 aliphatic rings. The van der Waals surface area contributed by atoms with Gasteiger partial charge in [-0.3, -0.25) is 9.36 Å². The van der Waals surface area contributed by atoms with Gasteiger partial charge < -0.3 is 10.0 Å². The largest absolute Gasteiger partial charge is 0.489 e. The van der Waals surface area contributed by atoms with E-state index in [2.05, 4.69) is 26.1 Å². The van der Waals surface area contributed by atoms with Crippen molar-refractivity contribution in [3.05, 3.63) is 49.1 Å². The number of hydrogen-bond acceptors (Lipinski definition) is 4. The minimum Gasteiger partial charge on any atom is -0.423 e. The van der Waals surface area contributed by atoms with Gasteiger partial charge in [0.25, 0.3) is 0 Å². The van der Waals surface area contributed by atoms with E-state index in [0.717, 1.165) is 15.4 Å². The molecule has 0 spiro atoms. The standard InChI is InChI=1S/C8H7BCl2N2O2.C8H5BrCl2N2/c1-13-8(11)6-5(12-13)3-2-4(7(6)10)9(14)15;1-13-8(11)6-5(12-13)3-2-4(9)7(6)10/h2-3,14-15H,1H3;2-3H,1H3. The molecule has 2 aromatic carbocycles. The lowest BCUT2D eigenvalue weighted by molar-refractivity contribution is 0.426. The number of benzene rings is 2. The highest BCUT2D eigenvalue weighted by molar-refractivity contribution is 9.10. The van der Waals surface area contributed by atoms with E-state index in [9.17, 15) is 0 Å². The maximum absolute atomic E-state index is 9.06. The molecule has 0 radical (unpaired) electrons. The van der Waals surface area contributed by atoms with Crippen LogP contribution in [0.5, 0.6) is 0 Å². The Morgan fingerprint density at radius 1 is 0.821 bits per heavy atom. The predicted molar refractivity (Wildman–Crippen MR) is 119 cm³/mol. The smallest absolute Gasteiger partial charge is 0.423 e. The summed E-state index contributed by atoms with van der Waals surface area (Å²) in [4.78, 5) is 0. The summed E-state index contributed by atoms with van der Waals surface area (Å²) in [5, 5.41) is 29.5. The number of halogens is 5. The molecule has 0 saturated carbocycles. The Bertz CT molecular complexity index is 1200. The van der Waals surface area contributed by atoms with Gasteiger partial charge in [-0.05, 0) is 34.1 Å². The Morgan fingerprint density at radius 3 is 1.79 bits per heavy atom. The number of aryl methyl sites for hydroxylation is 2. The molecule has 2 heterocycles. The first kappa shape index (κ1) is 21.7. The zero-order valence-electron chi connectivity index (χ0n) is 14.5. The van der Waals surface area contributed by atoms with E-state index in [0.29, 0.717) is 26.2 Å². The fourth-order valence-corrected chi connectivity index (χ4v) is 4.10. The Labute approximate surface area is 188 Å². The summed E-state index contributed by atoms with van der Waals surface area (Å²) in [6.45, 7) is 0. The van der Waals surface area contributed by atoms with Gasteiger partial charge in [0.1, 0.15) is 10.3 Å². The zero-order chi connectivity index (χ0) is 20.7. The van der Waals surface area contributed by atoms with Crippen LogP contribution >= 0.6 is 62.3 Å². The Kier molecular flexibility index (Phi) is 6.51. The monoisotopic (exact) mass is 522 g/mol. The summed E-state index contributed by atoms with van der Waals surface area (Å²) < 4.78 is 3.91. The van der Waals surface area contributed by atoms with Gasteiger partial charge in [-0.1, -0.05) is 52.5 Å². The second-order valence-electron chi connectivity index (χ2n) is 5.82. The topological polar surface area (TPSA) is 76.1 Å². The summed E-state index contributed by atoms with van der Waals surface area (Å²) in [5.74, 6) is 0. The maximum atomic E-state index is 9.06. The second-order valence-corrected chi connectivity index (χ2v) is 8.15. The molecule has 4 rings (SSSR count). The predicted octanol–water partition coefficient (Wildman–Crippen LogP) is 4.20. The van der Waals surface area contributed by atoms with Crippen molar-refractivity contribution < 1.29 is 10.0 Å². The summed E-state index contributed by atoms with van der Waals surface area (Å²) >= 11 is 27.4. The molecule has 0 amide bonds. The van der Waals surface area contributed by atoms with Gasteiger partial charge in [-0.15, -0.1) is 0 Å². The van der Waals surface area contributed by atoms with Crippen molar-refractivity contribution in [1.82, 2.24) is 19.6 Å². The van der Waals surface area contributed by atoms with Gasteiger partial charge >= 0.3 is 7.12 Å². The number of nitrogens with zero attached hydrogens (tertiary/aromatic N) is 4. The molecule has 2 aromatic heterocycles. The van der Waals surface area contributed by atoms with Gasteiger partial charge in [0.05, 0.1) is 31.9 Å². The van der Waals surface area contributed by atoms with E-state index in [-0.39, 0.29) is 10.5 Å². The average molecular weight is 525 g/mol. The average Bonchev–Trinajstić information content (AvgIpc) is 3.09. The SMILES string of the molecule is Cn1nc2ccc(B(O)O)c(Cl)c2c1Cl.Cn1nc2ccc(Br)c(Cl)c2c1Cl. The molecular formula is C16H12BBrCl4N4O2. The summed E-state index contributed by atoms with van der Waals surface area (Å²) in [6.07, 6.45) is 0. The summed E-state index contributed by atoms with van der Waals surface area (Å²) in [7, 11) is 1.86. The normalized spacial score (nSPS) is 11.0. The van der Waals surface area contributed by atoms with Gasteiger partial charge in [0.2, 0.25) is 0 Å². The number of aromatic nitrogens is 4. The number of hydrogen-bond donors (Lipinski definition) is 2. The molecule has 146 valence electrons. The van der Waals surface area contributed by atoms with Gasteiger partial charge in [-0.25, -0.2) is 0 Å². The van der Waals surface area contributed by atoms with E-state index < -0.39 is 7.12 Å². The van der Waals surface area contributed by atoms with Crippen molar-refractivity contribution in [3.8, 4) is 0 Å². The lowest BCUT2D eigenvalue weighted by Crippen LogP contribution is -2.30. The van der Waals surface area contributed by atoms with Crippen LogP contribution in [0.25, 0.3) is 21.8 Å². The van der Waals surface area contributed by atoms with Crippen LogP contribution in [-0.4, -0.2) is 36.7 Å². The Balaban J connectivity index is 0.000000162. The van der Waals surface area contributed by atoms with E-state index >= 15 is 0 Å². The van der Waals surface area contributed by atoms with Gasteiger partial charge in [-0.2, -0.15) is 10.2 Å². The summed E-state index contributed by atoms with van der Waals surface area (Å²) in [6, 6.07) is 6.88. The fraction of sp³-hybridized carbons (Fsp3) is 0.125. The first-order chi connectivity index (χ1) is 13.1. The zero-order valence-corrected chi connectivity index (χ0v) is 19.1. The minimum atomic E-state index is -1.61. The van der Waals surface area contributed by atoms with Crippen LogP contribution in [0.2, 0.25) is 20.4 Å². The van der Waals surface area contributed by atoms with Crippen LogP contribution in [0.15, 0.2) is 28.7 Å². The molecule has 0 unspecified atom stereocenters. The van der Waals surface area contributed by atoms with Crippen LogP contribution in [0.1, 0.15) is 0 Å². The van der Waals surface area contributed by atoms with Crippen molar-refractivity contribution in [2.75, 3.05) is 0 Å².